The number of carbonyl (C=O) groups excluding carboxylic acids is 3. The normalized spacial score (nSPS) is 11.6. The zero-order valence-electron chi connectivity index (χ0n) is 27.0. The highest BCUT2D eigenvalue weighted by atomic mass is 16.2. The van der Waals surface area contributed by atoms with Gasteiger partial charge in [0.05, 0.1) is 11.4 Å². The Balaban J connectivity index is 1.51. The van der Waals surface area contributed by atoms with Crippen LogP contribution in [0.4, 0.5) is 11.4 Å². The number of nitrogens with one attached hydrogen (secondary N) is 3. The van der Waals surface area contributed by atoms with Gasteiger partial charge in [-0.1, -0.05) is 114 Å². The van der Waals surface area contributed by atoms with Crippen molar-refractivity contribution in [1.82, 2.24) is 10.6 Å². The van der Waals surface area contributed by atoms with E-state index in [9.17, 15) is 14.4 Å². The largest absolute Gasteiger partial charge is 0.397 e. The number of rotatable bonds is 9. The molecule has 0 bridgehead atoms. The van der Waals surface area contributed by atoms with E-state index < -0.39 is 17.7 Å². The Labute approximate surface area is 266 Å². The van der Waals surface area contributed by atoms with Gasteiger partial charge in [-0.3, -0.25) is 14.4 Å². The van der Waals surface area contributed by atoms with Crippen LogP contribution in [0.2, 0.25) is 0 Å². The SMILES string of the molecule is CC(C)(C)c1ccc(CNC(=O)C(C(=O)NCc2ccc(C(C)(C)C)cc2)c2ccc(C(=O)Nc3ccccc3N)cc2)cc1. The van der Waals surface area contributed by atoms with Crippen molar-refractivity contribution in [2.75, 3.05) is 11.1 Å². The van der Waals surface area contributed by atoms with Gasteiger partial charge < -0.3 is 21.7 Å². The van der Waals surface area contributed by atoms with E-state index in [1.54, 1.807) is 48.5 Å². The molecule has 0 radical (unpaired) electrons. The third-order valence-corrected chi connectivity index (χ3v) is 7.81. The third kappa shape index (κ3) is 8.82. The van der Waals surface area contributed by atoms with Gasteiger partial charge in [0.25, 0.3) is 5.91 Å². The Morgan fingerprint density at radius 1 is 0.622 bits per heavy atom. The standard InChI is InChI=1S/C38H44N4O3/c1-37(2,3)29-19-11-25(12-20-29)23-40-35(44)33(36(45)41-24-26-13-21-30(22-14-26)38(4,5)6)27-15-17-28(18-16-27)34(43)42-32-10-8-7-9-31(32)39/h7-22,33H,23-24,39H2,1-6H3,(H,40,44)(H,41,45)(H,42,43). The van der Waals surface area contributed by atoms with Crippen molar-refractivity contribution < 1.29 is 14.4 Å². The molecule has 4 aromatic rings. The van der Waals surface area contributed by atoms with E-state index in [0.29, 0.717) is 22.5 Å². The van der Waals surface area contributed by atoms with E-state index in [1.165, 1.54) is 11.1 Å². The summed E-state index contributed by atoms with van der Waals surface area (Å²) in [5.41, 5.74) is 12.1. The molecule has 0 saturated heterocycles. The quantitative estimate of drug-likeness (QED) is 0.124. The van der Waals surface area contributed by atoms with E-state index >= 15 is 0 Å². The van der Waals surface area contributed by atoms with Crippen LogP contribution in [0.1, 0.15) is 85.6 Å². The molecule has 234 valence electrons. The van der Waals surface area contributed by atoms with Gasteiger partial charge >= 0.3 is 0 Å². The predicted octanol–water partition coefficient (Wildman–Crippen LogP) is 6.83. The van der Waals surface area contributed by atoms with Crippen LogP contribution in [-0.2, 0) is 33.5 Å². The highest BCUT2D eigenvalue weighted by molar-refractivity contribution is 6.07. The first-order valence-corrected chi connectivity index (χ1v) is 15.2. The van der Waals surface area contributed by atoms with Crippen molar-refractivity contribution >= 4 is 29.1 Å². The van der Waals surface area contributed by atoms with Crippen LogP contribution in [0.5, 0.6) is 0 Å². The molecule has 0 spiro atoms. The number of nitrogen functional groups attached to an aromatic ring is 1. The smallest absolute Gasteiger partial charge is 0.255 e. The molecule has 7 heteroatoms. The molecular weight excluding hydrogens is 560 g/mol. The summed E-state index contributed by atoms with van der Waals surface area (Å²) >= 11 is 0. The molecular formula is C38H44N4O3. The number of para-hydroxylation sites is 2. The second-order valence-corrected chi connectivity index (χ2v) is 13.4. The first-order chi connectivity index (χ1) is 21.2. The number of hydrogen-bond donors (Lipinski definition) is 4. The molecule has 0 aromatic heterocycles. The lowest BCUT2D eigenvalue weighted by molar-refractivity contribution is -0.131. The van der Waals surface area contributed by atoms with Gasteiger partial charge in [0.2, 0.25) is 11.8 Å². The molecule has 4 rings (SSSR count). The summed E-state index contributed by atoms with van der Waals surface area (Å²) in [6.45, 7) is 13.5. The van der Waals surface area contributed by atoms with Crippen LogP contribution in [0.3, 0.4) is 0 Å². The van der Waals surface area contributed by atoms with E-state index in [-0.39, 0.29) is 29.8 Å². The fraction of sp³-hybridized carbons (Fsp3) is 0.289. The van der Waals surface area contributed by atoms with Crippen LogP contribution in [0, 0.1) is 0 Å². The minimum atomic E-state index is -1.12. The Hall–Kier alpha value is -4.91. The number of hydrogen-bond acceptors (Lipinski definition) is 4. The lowest BCUT2D eigenvalue weighted by atomic mass is 9.87. The Bertz CT molecular complexity index is 1560. The summed E-state index contributed by atoms with van der Waals surface area (Å²) in [5.74, 6) is -2.31. The van der Waals surface area contributed by atoms with Crippen LogP contribution in [-0.4, -0.2) is 17.7 Å². The highest BCUT2D eigenvalue weighted by Crippen LogP contribution is 2.24. The third-order valence-electron chi connectivity index (χ3n) is 7.81. The van der Waals surface area contributed by atoms with Crippen LogP contribution < -0.4 is 21.7 Å². The number of benzene rings is 4. The van der Waals surface area contributed by atoms with Gasteiger partial charge in [0, 0.05) is 18.7 Å². The van der Waals surface area contributed by atoms with E-state index in [2.05, 4.69) is 81.8 Å². The summed E-state index contributed by atoms with van der Waals surface area (Å²) in [7, 11) is 0. The topological polar surface area (TPSA) is 113 Å². The molecule has 0 atom stereocenters. The van der Waals surface area contributed by atoms with Crippen molar-refractivity contribution in [2.45, 2.75) is 71.4 Å². The highest BCUT2D eigenvalue weighted by Gasteiger charge is 2.29. The molecule has 7 nitrogen and oxygen atoms in total. The predicted molar refractivity (Wildman–Crippen MR) is 182 cm³/mol. The number of anilines is 2. The average Bonchev–Trinajstić information content (AvgIpc) is 3.00. The Morgan fingerprint density at radius 2 is 1.07 bits per heavy atom. The molecule has 0 aliphatic heterocycles. The van der Waals surface area contributed by atoms with Gasteiger partial charge in [-0.15, -0.1) is 0 Å². The fourth-order valence-corrected chi connectivity index (χ4v) is 4.88. The maximum absolute atomic E-state index is 13.6. The number of amides is 3. The second-order valence-electron chi connectivity index (χ2n) is 13.4. The van der Waals surface area contributed by atoms with Crippen LogP contribution in [0.25, 0.3) is 0 Å². The van der Waals surface area contributed by atoms with Gasteiger partial charge in [-0.2, -0.15) is 0 Å². The van der Waals surface area contributed by atoms with Crippen molar-refractivity contribution in [3.63, 3.8) is 0 Å². The van der Waals surface area contributed by atoms with Gasteiger partial charge in [0.1, 0.15) is 5.92 Å². The van der Waals surface area contributed by atoms with Crippen LogP contribution in [0.15, 0.2) is 97.1 Å². The summed E-state index contributed by atoms with van der Waals surface area (Å²) in [4.78, 5) is 40.0. The molecule has 45 heavy (non-hydrogen) atoms. The van der Waals surface area contributed by atoms with Crippen LogP contribution >= 0.6 is 0 Å². The van der Waals surface area contributed by atoms with Gasteiger partial charge in [-0.25, -0.2) is 0 Å². The Kier molecular flexibility index (Phi) is 10.1. The summed E-state index contributed by atoms with van der Waals surface area (Å²) in [5, 5.41) is 8.69. The summed E-state index contributed by atoms with van der Waals surface area (Å²) in [6.07, 6.45) is 0. The van der Waals surface area contributed by atoms with E-state index in [4.69, 9.17) is 5.73 Å². The van der Waals surface area contributed by atoms with Gasteiger partial charge in [-0.05, 0) is 62.9 Å². The number of carbonyl (C=O) groups is 3. The summed E-state index contributed by atoms with van der Waals surface area (Å²) in [6, 6.07) is 29.7. The zero-order valence-corrected chi connectivity index (χ0v) is 27.0. The molecule has 5 N–H and O–H groups in total. The van der Waals surface area contributed by atoms with Gasteiger partial charge in [0.15, 0.2) is 0 Å². The molecule has 0 saturated carbocycles. The minimum Gasteiger partial charge on any atom is -0.397 e. The van der Waals surface area contributed by atoms with E-state index in [1.807, 2.05) is 24.3 Å². The lowest BCUT2D eigenvalue weighted by Gasteiger charge is -2.20. The second kappa shape index (κ2) is 13.8. The summed E-state index contributed by atoms with van der Waals surface area (Å²) < 4.78 is 0. The molecule has 0 aliphatic carbocycles. The average molecular weight is 605 g/mol. The fourth-order valence-electron chi connectivity index (χ4n) is 4.88. The van der Waals surface area contributed by atoms with Crippen molar-refractivity contribution in [3.8, 4) is 0 Å². The van der Waals surface area contributed by atoms with Crippen molar-refractivity contribution in [3.05, 3.63) is 130 Å². The number of nitrogens with two attached hydrogens (primary N) is 1. The first-order valence-electron chi connectivity index (χ1n) is 15.2. The minimum absolute atomic E-state index is 0.0226. The van der Waals surface area contributed by atoms with Crippen molar-refractivity contribution in [1.29, 1.82) is 0 Å². The molecule has 0 fully saturated rings. The van der Waals surface area contributed by atoms with Crippen molar-refractivity contribution in [2.24, 2.45) is 0 Å². The molecule has 4 aromatic carbocycles. The molecule has 3 amide bonds. The molecule has 0 aliphatic rings. The zero-order chi connectivity index (χ0) is 32.8. The molecule has 0 unspecified atom stereocenters. The van der Waals surface area contributed by atoms with E-state index in [0.717, 1.165) is 11.1 Å². The maximum atomic E-state index is 13.6. The molecule has 0 heterocycles. The lowest BCUT2D eigenvalue weighted by Crippen LogP contribution is -2.39. The monoisotopic (exact) mass is 604 g/mol. The Morgan fingerprint density at radius 3 is 1.49 bits per heavy atom. The first kappa shape index (κ1) is 33.0. The maximum Gasteiger partial charge on any atom is 0.255 e.